The molecular weight excluding hydrogens is 278 g/mol. The van der Waals surface area contributed by atoms with Crippen LogP contribution in [0.1, 0.15) is 20.3 Å². The Kier molecular flexibility index (Phi) is 4.60. The third kappa shape index (κ3) is 3.48. The van der Waals surface area contributed by atoms with E-state index in [1.54, 1.807) is 17.0 Å². The number of rotatable bonds is 1. The van der Waals surface area contributed by atoms with Crippen molar-refractivity contribution in [2.24, 2.45) is 11.8 Å². The highest BCUT2D eigenvalue weighted by molar-refractivity contribution is 6.41. The normalized spacial score (nSPS) is 22.4. The molecule has 1 aliphatic heterocycles. The van der Waals surface area contributed by atoms with E-state index in [1.165, 1.54) is 6.20 Å². The molecule has 1 saturated heterocycles. The van der Waals surface area contributed by atoms with Crippen LogP contribution in [0.2, 0.25) is 5.15 Å². The summed E-state index contributed by atoms with van der Waals surface area (Å²) in [6.45, 7) is 5.42. The molecule has 5 nitrogen and oxygen atoms in total. The molecule has 6 heteroatoms. The molecule has 1 aromatic heterocycles. The lowest BCUT2D eigenvalue weighted by atomic mass is 9.92. The van der Waals surface area contributed by atoms with Crippen molar-refractivity contribution < 1.29 is 9.59 Å². The summed E-state index contributed by atoms with van der Waals surface area (Å²) in [6.07, 6.45) is 2.60. The van der Waals surface area contributed by atoms with Crippen molar-refractivity contribution in [2.75, 3.05) is 18.4 Å². The number of pyridine rings is 1. The monoisotopic (exact) mass is 295 g/mol. The molecule has 20 heavy (non-hydrogen) atoms. The molecule has 1 fully saturated rings. The van der Waals surface area contributed by atoms with Crippen molar-refractivity contribution in [3.05, 3.63) is 23.5 Å². The number of amides is 2. The standard InChI is InChI=1S/C14H18ClN3O2/c1-9-6-10(2)8-18(7-9)14(20)13(19)17-11-4-3-5-16-12(11)15/h3-5,9-10H,6-8H2,1-2H3,(H,17,19). The van der Waals surface area contributed by atoms with Crippen molar-refractivity contribution in [2.45, 2.75) is 20.3 Å². The van der Waals surface area contributed by atoms with Crippen LogP contribution in [-0.2, 0) is 9.59 Å². The van der Waals surface area contributed by atoms with Crippen LogP contribution in [0.5, 0.6) is 0 Å². The fourth-order valence-corrected chi connectivity index (χ4v) is 2.79. The van der Waals surface area contributed by atoms with Gasteiger partial charge in [0.25, 0.3) is 0 Å². The number of likely N-dealkylation sites (tertiary alicyclic amines) is 1. The highest BCUT2D eigenvalue weighted by Crippen LogP contribution is 2.22. The quantitative estimate of drug-likeness (QED) is 0.638. The predicted octanol–water partition coefficient (Wildman–Crippen LogP) is 2.18. The molecule has 1 aliphatic rings. The number of piperidine rings is 1. The summed E-state index contributed by atoms with van der Waals surface area (Å²) < 4.78 is 0. The molecule has 0 aliphatic carbocycles. The highest BCUT2D eigenvalue weighted by atomic mass is 35.5. The second kappa shape index (κ2) is 6.22. The van der Waals surface area contributed by atoms with Crippen molar-refractivity contribution in [3.8, 4) is 0 Å². The number of aromatic nitrogens is 1. The van der Waals surface area contributed by atoms with Gasteiger partial charge in [0.2, 0.25) is 0 Å². The van der Waals surface area contributed by atoms with Gasteiger partial charge in [0.05, 0.1) is 5.69 Å². The van der Waals surface area contributed by atoms with E-state index in [1.807, 2.05) is 0 Å². The lowest BCUT2D eigenvalue weighted by Crippen LogP contribution is -2.47. The van der Waals surface area contributed by atoms with Gasteiger partial charge in [0.15, 0.2) is 5.15 Å². The van der Waals surface area contributed by atoms with Crippen LogP contribution in [0.3, 0.4) is 0 Å². The zero-order valence-electron chi connectivity index (χ0n) is 11.6. The minimum Gasteiger partial charge on any atom is -0.334 e. The van der Waals surface area contributed by atoms with Gasteiger partial charge in [-0.2, -0.15) is 0 Å². The van der Waals surface area contributed by atoms with Gasteiger partial charge in [-0.1, -0.05) is 25.4 Å². The summed E-state index contributed by atoms with van der Waals surface area (Å²) in [7, 11) is 0. The van der Waals surface area contributed by atoms with Gasteiger partial charge < -0.3 is 10.2 Å². The summed E-state index contributed by atoms with van der Waals surface area (Å²) in [5.74, 6) is -0.348. The van der Waals surface area contributed by atoms with Crippen LogP contribution >= 0.6 is 11.6 Å². The number of nitrogens with zero attached hydrogens (tertiary/aromatic N) is 2. The SMILES string of the molecule is CC1CC(C)CN(C(=O)C(=O)Nc2cccnc2Cl)C1. The van der Waals surface area contributed by atoms with Crippen LogP contribution < -0.4 is 5.32 Å². The van der Waals surface area contributed by atoms with Crippen LogP contribution in [-0.4, -0.2) is 34.8 Å². The van der Waals surface area contributed by atoms with Crippen LogP contribution in [0.15, 0.2) is 18.3 Å². The van der Waals surface area contributed by atoms with E-state index in [2.05, 4.69) is 24.1 Å². The summed E-state index contributed by atoms with van der Waals surface area (Å²) in [5.41, 5.74) is 0.352. The Morgan fingerprint density at radius 2 is 2.00 bits per heavy atom. The maximum absolute atomic E-state index is 12.2. The van der Waals surface area contributed by atoms with Crippen molar-refractivity contribution >= 4 is 29.1 Å². The second-order valence-electron chi connectivity index (χ2n) is 5.45. The van der Waals surface area contributed by atoms with Gasteiger partial charge in [0, 0.05) is 19.3 Å². The summed E-state index contributed by atoms with van der Waals surface area (Å²) in [5, 5.41) is 2.69. The number of hydrogen-bond acceptors (Lipinski definition) is 3. The Labute approximate surface area is 123 Å². The lowest BCUT2D eigenvalue weighted by molar-refractivity contribution is -0.144. The largest absolute Gasteiger partial charge is 0.334 e. The first-order chi connectivity index (χ1) is 9.47. The molecule has 2 unspecified atom stereocenters. The van der Waals surface area contributed by atoms with E-state index in [0.29, 0.717) is 30.6 Å². The minimum atomic E-state index is -0.666. The molecule has 0 aromatic carbocycles. The summed E-state index contributed by atoms with van der Waals surface area (Å²) >= 11 is 5.85. The van der Waals surface area contributed by atoms with Gasteiger partial charge in [-0.05, 0) is 30.4 Å². The minimum absolute atomic E-state index is 0.175. The summed E-state index contributed by atoms with van der Waals surface area (Å²) in [6, 6.07) is 3.26. The maximum atomic E-state index is 12.2. The van der Waals surface area contributed by atoms with E-state index < -0.39 is 11.8 Å². The fraction of sp³-hybridized carbons (Fsp3) is 0.500. The van der Waals surface area contributed by atoms with E-state index >= 15 is 0 Å². The van der Waals surface area contributed by atoms with Crippen LogP contribution in [0.4, 0.5) is 5.69 Å². The first-order valence-corrected chi connectivity index (χ1v) is 7.06. The molecule has 1 N–H and O–H groups in total. The third-order valence-electron chi connectivity index (χ3n) is 3.36. The lowest BCUT2D eigenvalue weighted by Gasteiger charge is -2.34. The Morgan fingerprint density at radius 3 is 2.60 bits per heavy atom. The molecule has 0 spiro atoms. The van der Waals surface area contributed by atoms with E-state index in [9.17, 15) is 9.59 Å². The molecule has 0 bridgehead atoms. The molecule has 2 rings (SSSR count). The zero-order chi connectivity index (χ0) is 14.7. The van der Waals surface area contributed by atoms with E-state index in [0.717, 1.165) is 6.42 Å². The van der Waals surface area contributed by atoms with Crippen LogP contribution in [0, 0.1) is 11.8 Å². The summed E-state index contributed by atoms with van der Waals surface area (Å²) in [4.78, 5) is 29.6. The topological polar surface area (TPSA) is 62.3 Å². The highest BCUT2D eigenvalue weighted by Gasteiger charge is 2.29. The number of halogens is 1. The molecular formula is C14H18ClN3O2. The average Bonchev–Trinajstić information content (AvgIpc) is 2.39. The van der Waals surface area contributed by atoms with Gasteiger partial charge in [-0.15, -0.1) is 0 Å². The fourth-order valence-electron chi connectivity index (χ4n) is 2.63. The van der Waals surface area contributed by atoms with E-state index in [-0.39, 0.29) is 5.15 Å². The Bertz CT molecular complexity index is 511. The average molecular weight is 296 g/mol. The number of hydrogen-bond donors (Lipinski definition) is 1. The molecule has 2 amide bonds. The second-order valence-corrected chi connectivity index (χ2v) is 5.81. The zero-order valence-corrected chi connectivity index (χ0v) is 12.4. The number of carbonyl (C=O) groups is 2. The van der Waals surface area contributed by atoms with Crippen molar-refractivity contribution in [1.29, 1.82) is 0 Å². The van der Waals surface area contributed by atoms with Crippen molar-refractivity contribution in [1.82, 2.24) is 9.88 Å². The molecule has 0 saturated carbocycles. The Morgan fingerprint density at radius 1 is 1.35 bits per heavy atom. The molecule has 2 heterocycles. The van der Waals surface area contributed by atoms with Gasteiger partial charge in [0.1, 0.15) is 0 Å². The smallest absolute Gasteiger partial charge is 0.313 e. The number of anilines is 1. The third-order valence-corrected chi connectivity index (χ3v) is 3.66. The van der Waals surface area contributed by atoms with Gasteiger partial charge in [-0.3, -0.25) is 9.59 Å². The molecule has 2 atom stereocenters. The molecule has 1 aromatic rings. The number of nitrogens with one attached hydrogen (secondary N) is 1. The van der Waals surface area contributed by atoms with Gasteiger partial charge in [-0.25, -0.2) is 4.98 Å². The first kappa shape index (κ1) is 14.8. The predicted molar refractivity (Wildman–Crippen MR) is 77.4 cm³/mol. The number of carbonyl (C=O) groups excluding carboxylic acids is 2. The Balaban J connectivity index is 2.02. The molecule has 0 radical (unpaired) electrons. The Hall–Kier alpha value is -1.62. The maximum Gasteiger partial charge on any atom is 0.313 e. The van der Waals surface area contributed by atoms with Gasteiger partial charge >= 0.3 is 11.8 Å². The van der Waals surface area contributed by atoms with E-state index in [4.69, 9.17) is 11.6 Å². The molecule has 108 valence electrons. The first-order valence-electron chi connectivity index (χ1n) is 6.68. The van der Waals surface area contributed by atoms with Crippen molar-refractivity contribution in [3.63, 3.8) is 0 Å². The van der Waals surface area contributed by atoms with Crippen LogP contribution in [0.25, 0.3) is 0 Å².